The molecule has 0 spiro atoms. The van der Waals surface area contributed by atoms with Crippen LogP contribution in [-0.4, -0.2) is 71.7 Å². The number of rotatable bonds is 6. The van der Waals surface area contributed by atoms with E-state index in [1.54, 1.807) is 30.3 Å². The van der Waals surface area contributed by atoms with E-state index in [1.807, 2.05) is 0 Å². The van der Waals surface area contributed by atoms with E-state index in [9.17, 15) is 14.0 Å². The summed E-state index contributed by atoms with van der Waals surface area (Å²) in [5.41, 5.74) is 0.0717. The topological polar surface area (TPSA) is 95.0 Å². The highest BCUT2D eigenvalue weighted by Gasteiger charge is 2.50. The van der Waals surface area contributed by atoms with Crippen molar-refractivity contribution in [2.24, 2.45) is 0 Å². The first-order chi connectivity index (χ1) is 15.0. The summed E-state index contributed by atoms with van der Waals surface area (Å²) in [7, 11) is 1.50. The Kier molecular flexibility index (Phi) is 5.77. The van der Waals surface area contributed by atoms with Crippen LogP contribution in [0.1, 0.15) is 24.1 Å². The van der Waals surface area contributed by atoms with E-state index >= 15 is 0 Å². The normalized spacial score (nSPS) is 21.0. The van der Waals surface area contributed by atoms with Crippen molar-refractivity contribution in [1.82, 2.24) is 14.8 Å². The summed E-state index contributed by atoms with van der Waals surface area (Å²) in [5.74, 6) is -0.394. The highest BCUT2D eigenvalue weighted by molar-refractivity contribution is 6.08. The average molecular weight is 428 g/mol. The second kappa shape index (κ2) is 8.50. The number of halogens is 1. The number of piperazine rings is 1. The van der Waals surface area contributed by atoms with Gasteiger partial charge in [-0.25, -0.2) is 14.2 Å². The van der Waals surface area contributed by atoms with Crippen molar-refractivity contribution in [3.63, 3.8) is 0 Å². The Morgan fingerprint density at radius 2 is 1.97 bits per heavy atom. The number of hydrogen-bond acceptors (Lipinski definition) is 5. The number of amides is 2. The average Bonchev–Trinajstić information content (AvgIpc) is 3.05. The third-order valence-electron chi connectivity index (χ3n) is 6.12. The molecule has 31 heavy (non-hydrogen) atoms. The minimum absolute atomic E-state index is 0.294. The molecule has 0 saturated carbocycles. The van der Waals surface area contributed by atoms with E-state index in [2.05, 4.69) is 15.2 Å². The van der Waals surface area contributed by atoms with Gasteiger partial charge in [0.05, 0.1) is 18.5 Å². The molecular weight excluding hydrogens is 403 g/mol. The summed E-state index contributed by atoms with van der Waals surface area (Å²) in [6.07, 6.45) is 0.0802. The fourth-order valence-corrected chi connectivity index (χ4v) is 4.47. The second-order valence-electron chi connectivity index (χ2n) is 7.80. The van der Waals surface area contributed by atoms with Crippen LogP contribution in [0.4, 0.5) is 14.9 Å². The second-order valence-corrected chi connectivity index (χ2v) is 7.80. The van der Waals surface area contributed by atoms with Crippen molar-refractivity contribution in [2.75, 3.05) is 45.2 Å². The lowest BCUT2D eigenvalue weighted by Gasteiger charge is -2.34. The molecule has 1 fully saturated rings. The number of nitrogens with one attached hydrogen (secondary N) is 1. The maximum atomic E-state index is 14.9. The number of hydrogen-bond donors (Lipinski definition) is 2. The molecule has 0 bridgehead atoms. The minimum atomic E-state index is -1.25. The molecular formula is C22H25FN4O4. The summed E-state index contributed by atoms with van der Waals surface area (Å²) in [6, 6.07) is 9.70. The molecule has 164 valence electrons. The maximum Gasteiger partial charge on any atom is 0.407 e. The Balaban J connectivity index is 1.60. The Morgan fingerprint density at radius 1 is 1.23 bits per heavy atom. The van der Waals surface area contributed by atoms with E-state index in [0.29, 0.717) is 68.4 Å². The SMILES string of the molecule is COc1ccc2c(n1)C(CCCN1CCN(C(=O)O)CC1)(c1ccccc1F)C(=O)N2. The standard InChI is InChI=1S/C22H25FN4O4/c1-31-18-8-7-17-19(25-18)22(20(28)24-17,15-5-2-3-6-16(15)23)9-4-10-26-11-13-27(14-12-26)21(29)30/h2-3,5-8H,4,9-14H2,1H3,(H,24,28)(H,29,30). The number of ether oxygens (including phenoxy) is 1. The van der Waals surface area contributed by atoms with Gasteiger partial charge in [0.2, 0.25) is 11.8 Å². The monoisotopic (exact) mass is 428 g/mol. The van der Waals surface area contributed by atoms with E-state index in [0.717, 1.165) is 0 Å². The first-order valence-electron chi connectivity index (χ1n) is 10.3. The number of carbonyl (C=O) groups excluding carboxylic acids is 1. The molecule has 0 aliphatic carbocycles. The van der Waals surface area contributed by atoms with Gasteiger partial charge in [0.15, 0.2) is 0 Å². The van der Waals surface area contributed by atoms with Gasteiger partial charge < -0.3 is 20.1 Å². The molecule has 3 heterocycles. The molecule has 1 atom stereocenters. The van der Waals surface area contributed by atoms with Crippen molar-refractivity contribution in [2.45, 2.75) is 18.3 Å². The van der Waals surface area contributed by atoms with E-state index in [1.165, 1.54) is 18.1 Å². The van der Waals surface area contributed by atoms with E-state index < -0.39 is 17.3 Å². The molecule has 1 aromatic heterocycles. The summed E-state index contributed by atoms with van der Waals surface area (Å²) >= 11 is 0. The summed E-state index contributed by atoms with van der Waals surface area (Å²) < 4.78 is 20.2. The Hall–Kier alpha value is -3.20. The molecule has 1 aromatic carbocycles. The number of fused-ring (bicyclic) bond motifs is 1. The number of carbonyl (C=O) groups is 2. The molecule has 9 heteroatoms. The van der Waals surface area contributed by atoms with Crippen molar-refractivity contribution in [3.8, 4) is 5.88 Å². The molecule has 2 amide bonds. The Labute approximate surface area is 179 Å². The highest BCUT2D eigenvalue weighted by atomic mass is 19.1. The maximum absolute atomic E-state index is 14.9. The fraction of sp³-hybridized carbons (Fsp3) is 0.409. The quantitative estimate of drug-likeness (QED) is 0.734. The Bertz CT molecular complexity index is 993. The lowest BCUT2D eigenvalue weighted by Crippen LogP contribution is -2.48. The molecule has 2 aromatic rings. The minimum Gasteiger partial charge on any atom is -0.481 e. The van der Waals surface area contributed by atoms with Gasteiger partial charge in [-0.2, -0.15) is 0 Å². The molecule has 1 unspecified atom stereocenters. The van der Waals surface area contributed by atoms with Crippen LogP contribution < -0.4 is 10.1 Å². The fourth-order valence-electron chi connectivity index (χ4n) is 4.47. The van der Waals surface area contributed by atoms with E-state index in [4.69, 9.17) is 9.84 Å². The van der Waals surface area contributed by atoms with Crippen molar-refractivity contribution < 1.29 is 23.8 Å². The number of methoxy groups -OCH3 is 1. The summed E-state index contributed by atoms with van der Waals surface area (Å²) in [6.45, 7) is 2.85. The van der Waals surface area contributed by atoms with Crippen LogP contribution in [0.3, 0.4) is 0 Å². The highest BCUT2D eigenvalue weighted by Crippen LogP contribution is 2.46. The van der Waals surface area contributed by atoms with Crippen LogP contribution in [-0.2, 0) is 10.2 Å². The first kappa shape index (κ1) is 21.0. The van der Waals surface area contributed by atoms with Crippen molar-refractivity contribution >= 4 is 17.7 Å². The van der Waals surface area contributed by atoms with Crippen molar-refractivity contribution in [1.29, 1.82) is 0 Å². The molecule has 1 saturated heterocycles. The number of carboxylic acid groups (broad SMARTS) is 1. The lowest BCUT2D eigenvalue weighted by molar-refractivity contribution is -0.120. The molecule has 2 N–H and O–H groups in total. The van der Waals surface area contributed by atoms with Gasteiger partial charge in [-0.1, -0.05) is 18.2 Å². The summed E-state index contributed by atoms with van der Waals surface area (Å²) in [4.78, 5) is 32.5. The first-order valence-corrected chi connectivity index (χ1v) is 10.3. The van der Waals surface area contributed by atoms with Crippen LogP contribution in [0, 0.1) is 5.82 Å². The number of anilines is 1. The molecule has 2 aliphatic heterocycles. The third-order valence-corrected chi connectivity index (χ3v) is 6.12. The Morgan fingerprint density at radius 3 is 2.65 bits per heavy atom. The predicted molar refractivity (Wildman–Crippen MR) is 112 cm³/mol. The zero-order valence-corrected chi connectivity index (χ0v) is 17.3. The van der Waals surface area contributed by atoms with Crippen LogP contribution >= 0.6 is 0 Å². The third kappa shape index (κ3) is 3.81. The van der Waals surface area contributed by atoms with Gasteiger partial charge in [0.25, 0.3) is 0 Å². The van der Waals surface area contributed by atoms with Gasteiger partial charge in [0, 0.05) is 37.8 Å². The van der Waals surface area contributed by atoms with Crippen LogP contribution in [0.25, 0.3) is 0 Å². The van der Waals surface area contributed by atoms with Gasteiger partial charge in [-0.3, -0.25) is 9.69 Å². The number of aromatic nitrogens is 1. The zero-order chi connectivity index (χ0) is 22.0. The number of benzene rings is 1. The zero-order valence-electron chi connectivity index (χ0n) is 17.3. The molecule has 2 aliphatic rings. The van der Waals surface area contributed by atoms with Crippen LogP contribution in [0.15, 0.2) is 36.4 Å². The molecule has 8 nitrogen and oxygen atoms in total. The van der Waals surface area contributed by atoms with E-state index in [-0.39, 0.29) is 5.91 Å². The van der Waals surface area contributed by atoms with Gasteiger partial charge in [0.1, 0.15) is 11.2 Å². The van der Waals surface area contributed by atoms with Crippen molar-refractivity contribution in [3.05, 3.63) is 53.5 Å². The van der Waals surface area contributed by atoms with Gasteiger partial charge in [-0.05, 0) is 31.5 Å². The van der Waals surface area contributed by atoms with Gasteiger partial charge >= 0.3 is 6.09 Å². The lowest BCUT2D eigenvalue weighted by atomic mass is 9.74. The smallest absolute Gasteiger partial charge is 0.407 e. The number of pyridine rings is 1. The molecule has 4 rings (SSSR count). The summed E-state index contributed by atoms with van der Waals surface area (Å²) in [5, 5.41) is 12.0. The predicted octanol–water partition coefficient (Wildman–Crippen LogP) is 2.54. The van der Waals surface area contributed by atoms with Crippen LogP contribution in [0.2, 0.25) is 0 Å². The van der Waals surface area contributed by atoms with Gasteiger partial charge in [-0.15, -0.1) is 0 Å². The number of nitrogens with zero attached hydrogens (tertiary/aromatic N) is 3. The van der Waals surface area contributed by atoms with Crippen LogP contribution in [0.5, 0.6) is 5.88 Å². The largest absolute Gasteiger partial charge is 0.481 e. The molecule has 0 radical (unpaired) electrons.